The summed E-state index contributed by atoms with van der Waals surface area (Å²) in [6.07, 6.45) is 0. The lowest BCUT2D eigenvalue weighted by atomic mass is 10.3. The van der Waals surface area contributed by atoms with Crippen LogP contribution in [0.2, 0.25) is 0 Å². The molecule has 3 aromatic rings. The van der Waals surface area contributed by atoms with Crippen LogP contribution < -0.4 is 11.5 Å². The predicted molar refractivity (Wildman–Crippen MR) is 91.5 cm³/mol. The van der Waals surface area contributed by atoms with Crippen LogP contribution in [0, 0.1) is 0 Å². The monoisotopic (exact) mass is 296 g/mol. The third-order valence-corrected chi connectivity index (χ3v) is 2.45. The molecule has 0 amide bonds. The molecule has 0 heterocycles. The van der Waals surface area contributed by atoms with E-state index in [1.807, 2.05) is 60.7 Å². The molecule has 3 rings (SSSR count). The average molecular weight is 296 g/mol. The number of para-hydroxylation sites is 2. The van der Waals surface area contributed by atoms with Crippen LogP contribution in [0.15, 0.2) is 84.9 Å². The molecule has 3 aromatic carbocycles. The fourth-order valence-corrected chi connectivity index (χ4v) is 1.36. The first-order valence-corrected chi connectivity index (χ1v) is 6.67. The van der Waals surface area contributed by atoms with Gasteiger partial charge in [-0.1, -0.05) is 36.4 Å². The minimum atomic E-state index is 0.169. The van der Waals surface area contributed by atoms with Crippen molar-refractivity contribution < 1.29 is 10.2 Å². The van der Waals surface area contributed by atoms with Gasteiger partial charge in [0.1, 0.15) is 11.5 Å². The fraction of sp³-hybridized carbons (Fsp3) is 0. The van der Waals surface area contributed by atoms with Gasteiger partial charge < -0.3 is 21.7 Å². The molecule has 0 fully saturated rings. The van der Waals surface area contributed by atoms with Gasteiger partial charge in [0.25, 0.3) is 0 Å². The van der Waals surface area contributed by atoms with E-state index >= 15 is 0 Å². The van der Waals surface area contributed by atoms with Crippen molar-refractivity contribution in [3.63, 3.8) is 0 Å². The number of phenols is 2. The summed E-state index contributed by atoms with van der Waals surface area (Å²) in [4.78, 5) is 0. The van der Waals surface area contributed by atoms with Crippen molar-refractivity contribution in [1.29, 1.82) is 0 Å². The van der Waals surface area contributed by atoms with Crippen LogP contribution in [0.1, 0.15) is 0 Å². The van der Waals surface area contributed by atoms with E-state index < -0.39 is 0 Å². The highest BCUT2D eigenvalue weighted by atomic mass is 16.3. The minimum Gasteiger partial charge on any atom is -0.508 e. The maximum atomic E-state index is 8.65. The SMILES string of the molecule is Nc1ccccc1.Nc1ccccc1.Oc1ccc(O)cc1. The predicted octanol–water partition coefficient (Wildman–Crippen LogP) is 3.64. The highest BCUT2D eigenvalue weighted by Crippen LogP contribution is 2.13. The molecule has 0 aliphatic rings. The van der Waals surface area contributed by atoms with Crippen LogP contribution >= 0.6 is 0 Å². The van der Waals surface area contributed by atoms with E-state index in [1.165, 1.54) is 24.3 Å². The molecule has 0 aliphatic carbocycles. The first-order valence-electron chi connectivity index (χ1n) is 6.67. The lowest BCUT2D eigenvalue weighted by Gasteiger charge is -1.88. The first-order chi connectivity index (χ1) is 10.6. The number of anilines is 2. The van der Waals surface area contributed by atoms with Crippen LogP contribution in [-0.4, -0.2) is 10.2 Å². The van der Waals surface area contributed by atoms with E-state index in [9.17, 15) is 0 Å². The number of nitrogens with two attached hydrogens (primary N) is 2. The maximum absolute atomic E-state index is 8.65. The molecule has 4 heteroatoms. The number of hydrogen-bond acceptors (Lipinski definition) is 4. The Labute approximate surface area is 130 Å². The summed E-state index contributed by atoms with van der Waals surface area (Å²) < 4.78 is 0. The van der Waals surface area contributed by atoms with Gasteiger partial charge in [-0.05, 0) is 48.5 Å². The van der Waals surface area contributed by atoms with E-state index in [1.54, 1.807) is 0 Å². The number of nitrogen functional groups attached to an aromatic ring is 2. The molecule has 22 heavy (non-hydrogen) atoms. The lowest BCUT2D eigenvalue weighted by molar-refractivity contribution is 0.460. The minimum absolute atomic E-state index is 0.169. The zero-order valence-corrected chi connectivity index (χ0v) is 12.1. The molecule has 0 bridgehead atoms. The van der Waals surface area contributed by atoms with Gasteiger partial charge in [0, 0.05) is 11.4 Å². The topological polar surface area (TPSA) is 92.5 Å². The molecule has 0 atom stereocenters. The Morgan fingerprint density at radius 1 is 0.455 bits per heavy atom. The third kappa shape index (κ3) is 8.12. The van der Waals surface area contributed by atoms with Crippen molar-refractivity contribution in [3.05, 3.63) is 84.9 Å². The Bertz CT molecular complexity index is 568. The summed E-state index contributed by atoms with van der Waals surface area (Å²) in [5.74, 6) is 0.339. The Kier molecular flexibility index (Phi) is 7.47. The van der Waals surface area contributed by atoms with Crippen molar-refractivity contribution in [1.82, 2.24) is 0 Å². The molecule has 0 radical (unpaired) electrons. The summed E-state index contributed by atoms with van der Waals surface area (Å²) >= 11 is 0. The van der Waals surface area contributed by atoms with Crippen molar-refractivity contribution in [2.75, 3.05) is 11.5 Å². The smallest absolute Gasteiger partial charge is 0.115 e. The molecule has 0 aromatic heterocycles. The van der Waals surface area contributed by atoms with Gasteiger partial charge >= 0.3 is 0 Å². The molecule has 6 N–H and O–H groups in total. The van der Waals surface area contributed by atoms with Gasteiger partial charge in [-0.15, -0.1) is 0 Å². The maximum Gasteiger partial charge on any atom is 0.115 e. The second-order valence-corrected chi connectivity index (χ2v) is 4.34. The summed E-state index contributed by atoms with van der Waals surface area (Å²) in [5.41, 5.74) is 12.4. The van der Waals surface area contributed by atoms with Gasteiger partial charge in [0.15, 0.2) is 0 Å². The number of aromatic hydroxyl groups is 2. The second kappa shape index (κ2) is 9.72. The summed E-state index contributed by atoms with van der Waals surface area (Å²) in [7, 11) is 0. The van der Waals surface area contributed by atoms with E-state index in [4.69, 9.17) is 21.7 Å². The molecule has 0 spiro atoms. The number of hydrogen-bond donors (Lipinski definition) is 4. The van der Waals surface area contributed by atoms with Crippen LogP contribution in [0.4, 0.5) is 11.4 Å². The fourth-order valence-electron chi connectivity index (χ4n) is 1.36. The highest BCUT2D eigenvalue weighted by molar-refractivity contribution is 5.36. The van der Waals surface area contributed by atoms with Crippen LogP contribution in [0.5, 0.6) is 11.5 Å². The Balaban J connectivity index is 0.000000166. The van der Waals surface area contributed by atoms with Crippen LogP contribution in [0.3, 0.4) is 0 Å². The second-order valence-electron chi connectivity index (χ2n) is 4.34. The van der Waals surface area contributed by atoms with Gasteiger partial charge in [0.05, 0.1) is 0 Å². The molecule has 0 saturated heterocycles. The number of benzene rings is 3. The molecule has 0 unspecified atom stereocenters. The van der Waals surface area contributed by atoms with E-state index in [0.717, 1.165) is 11.4 Å². The molecule has 114 valence electrons. The largest absolute Gasteiger partial charge is 0.508 e. The van der Waals surface area contributed by atoms with Crippen molar-refractivity contribution in [2.24, 2.45) is 0 Å². The van der Waals surface area contributed by atoms with Gasteiger partial charge in [-0.25, -0.2) is 0 Å². The number of rotatable bonds is 0. The Morgan fingerprint density at radius 3 is 0.909 bits per heavy atom. The number of phenolic OH excluding ortho intramolecular Hbond substituents is 2. The lowest BCUT2D eigenvalue weighted by Crippen LogP contribution is -1.79. The molecular formula is C18H20N2O2. The van der Waals surface area contributed by atoms with Crippen molar-refractivity contribution in [3.8, 4) is 11.5 Å². The normalized spacial score (nSPS) is 8.73. The average Bonchev–Trinajstić information content (AvgIpc) is 2.53. The zero-order valence-electron chi connectivity index (χ0n) is 12.1. The Hall–Kier alpha value is -3.14. The van der Waals surface area contributed by atoms with E-state index in [-0.39, 0.29) is 11.5 Å². The molecular weight excluding hydrogens is 276 g/mol. The summed E-state index contributed by atoms with van der Waals surface area (Å²) in [6, 6.07) is 24.7. The van der Waals surface area contributed by atoms with Crippen molar-refractivity contribution in [2.45, 2.75) is 0 Å². The van der Waals surface area contributed by atoms with Crippen LogP contribution in [-0.2, 0) is 0 Å². The van der Waals surface area contributed by atoms with Gasteiger partial charge in [-0.3, -0.25) is 0 Å². The first kappa shape index (κ1) is 16.9. The molecule has 0 aliphatic heterocycles. The van der Waals surface area contributed by atoms with Crippen molar-refractivity contribution >= 4 is 11.4 Å². The van der Waals surface area contributed by atoms with Gasteiger partial charge in [0.2, 0.25) is 0 Å². The highest BCUT2D eigenvalue weighted by Gasteiger charge is 1.84. The molecule has 0 saturated carbocycles. The summed E-state index contributed by atoms with van der Waals surface area (Å²) in [5, 5.41) is 17.3. The van der Waals surface area contributed by atoms with E-state index in [0.29, 0.717) is 0 Å². The van der Waals surface area contributed by atoms with Gasteiger partial charge in [-0.2, -0.15) is 0 Å². The third-order valence-electron chi connectivity index (χ3n) is 2.45. The van der Waals surface area contributed by atoms with Crippen LogP contribution in [0.25, 0.3) is 0 Å². The molecule has 4 nitrogen and oxygen atoms in total. The van der Waals surface area contributed by atoms with E-state index in [2.05, 4.69) is 0 Å². The zero-order chi connectivity index (χ0) is 16.2. The quantitative estimate of drug-likeness (QED) is 0.376. The Morgan fingerprint density at radius 2 is 0.727 bits per heavy atom. The standard InChI is InChI=1S/2C6H7N.C6H6O2/c2*7-6-4-2-1-3-5-6;7-5-1-2-6(8)4-3-5/h2*1-5H,7H2;1-4,7-8H. The summed E-state index contributed by atoms with van der Waals surface area (Å²) in [6.45, 7) is 0.